The van der Waals surface area contributed by atoms with Crippen LogP contribution in [-0.4, -0.2) is 15.6 Å². The minimum atomic E-state index is -0.916. The Morgan fingerprint density at radius 2 is 1.00 bits per heavy atom. The second-order valence-corrected chi connectivity index (χ2v) is 15.9. The Bertz CT molecular complexity index is 212. The third-order valence-corrected chi connectivity index (χ3v) is 19.1. The first-order valence-corrected chi connectivity index (χ1v) is 14.6. The van der Waals surface area contributed by atoms with Gasteiger partial charge in [0, 0.05) is 0 Å². The summed E-state index contributed by atoms with van der Waals surface area (Å²) in [4.78, 5) is 0. The summed E-state index contributed by atoms with van der Waals surface area (Å²) in [6.07, 6.45) is 0. The summed E-state index contributed by atoms with van der Waals surface area (Å²) < 4.78 is 3.55. The van der Waals surface area contributed by atoms with E-state index in [-0.39, 0.29) is 37.2 Å². The first-order valence-electron chi connectivity index (χ1n) is 3.42. The van der Waals surface area contributed by atoms with Crippen molar-refractivity contribution >= 4 is 15.6 Å². The van der Waals surface area contributed by atoms with Gasteiger partial charge in [-0.25, -0.2) is 0 Å². The van der Waals surface area contributed by atoms with E-state index in [1.807, 2.05) is 20.4 Å². The summed E-state index contributed by atoms with van der Waals surface area (Å²) in [5.41, 5.74) is 3.22. The van der Waals surface area contributed by atoms with Crippen molar-refractivity contribution < 1.29 is 57.6 Å². The number of rotatable bonds is 0. The topological polar surface area (TPSA) is 0 Å². The summed E-state index contributed by atoms with van der Waals surface area (Å²) in [5, 5.41) is 0. The van der Waals surface area contributed by atoms with Gasteiger partial charge in [-0.2, -0.15) is 0 Å². The molecule has 74 valence electrons. The maximum Gasteiger partial charge on any atom is -1.00 e. The van der Waals surface area contributed by atoms with Gasteiger partial charge in [-0.3, -0.25) is 0 Å². The number of halogens is 3. The van der Waals surface area contributed by atoms with Crippen LogP contribution in [0.1, 0.15) is 27.7 Å². The van der Waals surface area contributed by atoms with Crippen molar-refractivity contribution in [1.29, 1.82) is 0 Å². The Labute approximate surface area is 117 Å². The molecule has 0 bridgehead atoms. The van der Waals surface area contributed by atoms with Crippen molar-refractivity contribution in [3.63, 3.8) is 0 Å². The van der Waals surface area contributed by atoms with E-state index in [9.17, 15) is 0 Å². The van der Waals surface area contributed by atoms with E-state index in [0.717, 1.165) is 0 Å². The van der Waals surface area contributed by atoms with Gasteiger partial charge in [0.25, 0.3) is 0 Å². The standard InChI is InChI=1S/C8H12.3ClH.Sb.Zr/c1-5-7(3)8(4)6-2;;;;;/h1-4H3;3*1H;;/q;;;;;+3/p-3. The van der Waals surface area contributed by atoms with Gasteiger partial charge in [-0.05, 0) is 0 Å². The summed E-state index contributed by atoms with van der Waals surface area (Å²) in [6.45, 7) is 9.24. The Morgan fingerprint density at radius 3 is 1.08 bits per heavy atom. The molecule has 13 heavy (non-hydrogen) atoms. The second-order valence-electron chi connectivity index (χ2n) is 2.76. The van der Waals surface area contributed by atoms with Crippen LogP contribution in [0.15, 0.2) is 18.2 Å². The van der Waals surface area contributed by atoms with Crippen LogP contribution in [0, 0.1) is 0 Å². The van der Waals surface area contributed by atoms with Gasteiger partial charge in [0.1, 0.15) is 0 Å². The largest absolute Gasteiger partial charge is 1.00 e. The molecule has 5 heteroatoms. The molecule has 0 aliphatic carbocycles. The van der Waals surface area contributed by atoms with E-state index in [1.165, 1.54) is 0 Å². The molecule has 0 atom stereocenters. The van der Waals surface area contributed by atoms with E-state index >= 15 is 0 Å². The van der Waals surface area contributed by atoms with Crippen molar-refractivity contribution in [3.8, 4) is 0 Å². The Kier molecular flexibility index (Phi) is 13.0. The second kappa shape index (κ2) is 8.23. The van der Waals surface area contributed by atoms with E-state index < -0.39 is 15.6 Å². The molecule has 0 aromatic carbocycles. The minimum absolute atomic E-state index is 0. The maximum atomic E-state index is 2.34. The van der Waals surface area contributed by atoms with Crippen LogP contribution in [0.4, 0.5) is 0 Å². The summed E-state index contributed by atoms with van der Waals surface area (Å²) in [6, 6.07) is 0. The first-order chi connectivity index (χ1) is 4.55. The molecule has 0 nitrogen and oxygen atoms in total. The predicted molar refractivity (Wildman–Crippen MR) is 42.5 cm³/mol. The van der Waals surface area contributed by atoms with E-state index in [2.05, 4.69) is 27.7 Å². The average Bonchev–Trinajstić information content (AvgIpc) is 2.07. The molecule has 1 heterocycles. The molecule has 0 saturated heterocycles. The van der Waals surface area contributed by atoms with E-state index in [1.54, 1.807) is 18.2 Å². The monoisotopic (exact) mass is 424 g/mol. The average molecular weight is 428 g/mol. The van der Waals surface area contributed by atoms with E-state index in [4.69, 9.17) is 0 Å². The molecule has 0 fully saturated rings. The molecule has 0 spiro atoms. The fraction of sp³-hybridized carbons (Fsp3) is 0.500. The normalized spacial score (nSPS) is 16.5. The zero-order valence-electron chi connectivity index (χ0n) is 8.08. The van der Waals surface area contributed by atoms with Crippen molar-refractivity contribution in [3.05, 3.63) is 18.2 Å². The summed E-state index contributed by atoms with van der Waals surface area (Å²) in [7, 11) is 0. The number of hydrogen-bond acceptors (Lipinski definition) is 0. The smallest absolute Gasteiger partial charge is 1.00 e. The molecule has 0 amide bonds. The van der Waals surface area contributed by atoms with Gasteiger partial charge in [0.2, 0.25) is 0 Å². The maximum absolute atomic E-state index is 2.34. The van der Waals surface area contributed by atoms with Crippen molar-refractivity contribution in [2.45, 2.75) is 27.7 Å². The van der Waals surface area contributed by atoms with Gasteiger partial charge < -0.3 is 37.2 Å². The molecule has 0 aromatic heterocycles. The summed E-state index contributed by atoms with van der Waals surface area (Å²) >= 11 is 0.900. The van der Waals surface area contributed by atoms with Gasteiger partial charge in [0.05, 0.1) is 0 Å². The van der Waals surface area contributed by atoms with Crippen LogP contribution >= 0.6 is 0 Å². The minimum Gasteiger partial charge on any atom is -1.00 e. The van der Waals surface area contributed by atoms with Crippen molar-refractivity contribution in [2.24, 2.45) is 0 Å². The molecule has 0 unspecified atom stereocenters. The number of hydrogen-bond donors (Lipinski definition) is 0. The zero-order valence-corrected chi connectivity index (χ0v) is 15.4. The first kappa shape index (κ1) is 20.5. The van der Waals surface area contributed by atoms with Gasteiger partial charge >= 0.3 is 81.9 Å². The van der Waals surface area contributed by atoms with Gasteiger partial charge in [0.15, 0.2) is 0 Å². The van der Waals surface area contributed by atoms with Crippen LogP contribution < -0.4 is 37.2 Å². The van der Waals surface area contributed by atoms with Crippen LogP contribution in [-0.2, 0) is 20.4 Å². The van der Waals surface area contributed by atoms with Crippen LogP contribution in [0.3, 0.4) is 0 Å². The Balaban J connectivity index is -0.000000333. The molecule has 1 rings (SSSR count). The van der Waals surface area contributed by atoms with Crippen molar-refractivity contribution in [2.75, 3.05) is 0 Å². The molecule has 0 aromatic rings. The molecule has 0 radical (unpaired) electrons. The molecular formula is C8H12Cl3SbZr. The molecule has 1 aliphatic heterocycles. The van der Waals surface area contributed by atoms with Crippen LogP contribution in [0.5, 0.6) is 0 Å². The SMILES string of the molecule is CC1=[C](C)[Sb]([Zr+3])[C](C)=C1C.[Cl-].[Cl-].[Cl-]. The molecular weight excluding hydrogens is 415 g/mol. The summed E-state index contributed by atoms with van der Waals surface area (Å²) in [5.74, 6) is 0. The Morgan fingerprint density at radius 1 is 0.769 bits per heavy atom. The predicted octanol–water partition coefficient (Wildman–Crippen LogP) is -6.70. The van der Waals surface area contributed by atoms with Crippen LogP contribution in [0.2, 0.25) is 0 Å². The van der Waals surface area contributed by atoms with Gasteiger partial charge in [-0.15, -0.1) is 0 Å². The van der Waals surface area contributed by atoms with Crippen LogP contribution in [0.25, 0.3) is 0 Å². The molecule has 0 N–H and O–H groups in total. The molecule has 1 aliphatic rings. The fourth-order valence-electron chi connectivity index (χ4n) is 1.13. The molecule has 0 saturated carbocycles. The van der Waals surface area contributed by atoms with Gasteiger partial charge in [-0.1, -0.05) is 0 Å². The van der Waals surface area contributed by atoms with Crippen molar-refractivity contribution in [1.82, 2.24) is 0 Å². The Hall–Kier alpha value is 2.05. The number of allylic oxidation sites excluding steroid dienone is 4. The fourth-order valence-corrected chi connectivity index (χ4v) is 11.0. The zero-order chi connectivity index (χ0) is 7.89. The quantitative estimate of drug-likeness (QED) is 0.338. The van der Waals surface area contributed by atoms with E-state index in [0.29, 0.717) is 0 Å². The third kappa shape index (κ3) is 4.20. The third-order valence-electron chi connectivity index (χ3n) is 2.32.